The molecule has 0 fully saturated rings. The van der Waals surface area contributed by atoms with Gasteiger partial charge in [-0.1, -0.05) is 35.9 Å². The highest BCUT2D eigenvalue weighted by atomic mass is 35.5. The van der Waals surface area contributed by atoms with Crippen molar-refractivity contribution in [3.05, 3.63) is 74.5 Å². The van der Waals surface area contributed by atoms with E-state index in [1.165, 1.54) is 0 Å². The highest BCUT2D eigenvalue weighted by molar-refractivity contribution is 6.33. The summed E-state index contributed by atoms with van der Waals surface area (Å²) in [4.78, 5) is 35.4. The first-order chi connectivity index (χ1) is 11.6. The zero-order chi connectivity index (χ0) is 16.7. The van der Waals surface area contributed by atoms with Crippen molar-refractivity contribution in [3.63, 3.8) is 0 Å². The molecule has 118 valence electrons. The molecule has 0 aliphatic heterocycles. The number of rotatable bonds is 2. The van der Waals surface area contributed by atoms with Gasteiger partial charge in [-0.2, -0.15) is 4.98 Å². The van der Waals surface area contributed by atoms with Crippen LogP contribution in [-0.4, -0.2) is 19.9 Å². The maximum absolute atomic E-state index is 12.0. The van der Waals surface area contributed by atoms with E-state index >= 15 is 0 Å². The fraction of sp³-hybridized carbons (Fsp3) is 0. The molecule has 3 N–H and O–H groups in total. The number of H-pyrrole nitrogens is 3. The minimum Gasteiger partial charge on any atom is -0.306 e. The number of imidazole rings is 1. The molecule has 4 aromatic rings. The van der Waals surface area contributed by atoms with Gasteiger partial charge in [0.25, 0.3) is 0 Å². The Morgan fingerprint density at radius 3 is 2.50 bits per heavy atom. The lowest BCUT2D eigenvalue weighted by Gasteiger charge is -2.06. The van der Waals surface area contributed by atoms with E-state index in [1.54, 1.807) is 30.3 Å². The molecule has 0 saturated carbocycles. The van der Waals surface area contributed by atoms with Crippen LogP contribution in [0.3, 0.4) is 0 Å². The molecule has 4 rings (SSSR count). The highest BCUT2D eigenvalue weighted by Gasteiger charge is 2.09. The van der Waals surface area contributed by atoms with E-state index in [9.17, 15) is 9.59 Å². The molecule has 6 nitrogen and oxygen atoms in total. The molecule has 0 atom stereocenters. The van der Waals surface area contributed by atoms with Gasteiger partial charge in [-0.25, -0.2) is 9.59 Å². The number of nitrogens with zero attached hydrogens (tertiary/aromatic N) is 1. The molecule has 2 heterocycles. The zero-order valence-electron chi connectivity index (χ0n) is 12.3. The fourth-order valence-corrected chi connectivity index (χ4v) is 2.86. The van der Waals surface area contributed by atoms with Gasteiger partial charge in [0.1, 0.15) is 0 Å². The quantitative estimate of drug-likeness (QED) is 0.524. The molecular formula is C17H11ClN4O2. The van der Waals surface area contributed by atoms with Gasteiger partial charge in [0.2, 0.25) is 0 Å². The second-order valence-electron chi connectivity index (χ2n) is 5.30. The van der Waals surface area contributed by atoms with Crippen LogP contribution < -0.4 is 11.4 Å². The van der Waals surface area contributed by atoms with E-state index in [1.807, 2.05) is 18.2 Å². The van der Waals surface area contributed by atoms with Crippen LogP contribution in [0, 0.1) is 0 Å². The third-order valence-corrected chi connectivity index (χ3v) is 4.05. The Hall–Kier alpha value is -3.12. The minimum absolute atomic E-state index is 0.280. The molecule has 0 bridgehead atoms. The lowest BCUT2D eigenvalue weighted by molar-refractivity contribution is 1.09. The number of aromatic amines is 3. The average molecular weight is 339 g/mol. The summed E-state index contributed by atoms with van der Waals surface area (Å²) in [5.41, 5.74) is 3.12. The standard InChI is InChI=1S/C17H11ClN4O2/c18-11-4-2-1-3-10(11)14-8-13(20-17(24)21-14)9-5-6-12-15(7-9)22-16(23)19-12/h1-8H,(H2,19,22,23)(H,20,21,24). The minimum atomic E-state index is -0.468. The molecule has 0 aliphatic carbocycles. The highest BCUT2D eigenvalue weighted by Crippen LogP contribution is 2.28. The van der Waals surface area contributed by atoms with Gasteiger partial charge in [0, 0.05) is 16.1 Å². The maximum Gasteiger partial charge on any atom is 0.345 e. The summed E-state index contributed by atoms with van der Waals surface area (Å²) in [6, 6.07) is 14.3. The third kappa shape index (κ3) is 2.53. The lowest BCUT2D eigenvalue weighted by Crippen LogP contribution is -2.12. The topological polar surface area (TPSA) is 94.4 Å². The van der Waals surface area contributed by atoms with Crippen LogP contribution in [0.2, 0.25) is 5.02 Å². The van der Waals surface area contributed by atoms with E-state index in [0.717, 1.165) is 11.1 Å². The van der Waals surface area contributed by atoms with Crippen LogP contribution in [0.15, 0.2) is 58.1 Å². The first kappa shape index (κ1) is 14.5. The van der Waals surface area contributed by atoms with Crippen molar-refractivity contribution in [3.8, 4) is 22.5 Å². The van der Waals surface area contributed by atoms with E-state index in [4.69, 9.17) is 11.6 Å². The SMILES string of the molecule is O=c1nc(-c2ccc3[nH]c(=O)[nH]c3c2)cc(-c2ccccc2Cl)[nH]1. The van der Waals surface area contributed by atoms with E-state index in [-0.39, 0.29) is 5.69 Å². The Morgan fingerprint density at radius 2 is 1.67 bits per heavy atom. The van der Waals surface area contributed by atoms with Crippen molar-refractivity contribution < 1.29 is 0 Å². The van der Waals surface area contributed by atoms with Gasteiger partial charge in [-0.15, -0.1) is 0 Å². The Balaban J connectivity index is 1.90. The van der Waals surface area contributed by atoms with Crippen LogP contribution in [0.5, 0.6) is 0 Å². The number of hydrogen-bond donors (Lipinski definition) is 3. The summed E-state index contributed by atoms with van der Waals surface area (Å²) in [6.07, 6.45) is 0. The van der Waals surface area contributed by atoms with Crippen LogP contribution in [-0.2, 0) is 0 Å². The van der Waals surface area contributed by atoms with Crippen LogP contribution in [0.25, 0.3) is 33.5 Å². The second kappa shape index (κ2) is 5.50. The molecule has 7 heteroatoms. The number of fused-ring (bicyclic) bond motifs is 1. The Bertz CT molecular complexity index is 1170. The van der Waals surface area contributed by atoms with Gasteiger partial charge in [0.15, 0.2) is 0 Å². The monoisotopic (exact) mass is 338 g/mol. The zero-order valence-corrected chi connectivity index (χ0v) is 13.0. The van der Waals surface area contributed by atoms with Crippen molar-refractivity contribution in [2.24, 2.45) is 0 Å². The van der Waals surface area contributed by atoms with Crippen molar-refractivity contribution in [2.45, 2.75) is 0 Å². The molecule has 2 aromatic heterocycles. The molecule has 24 heavy (non-hydrogen) atoms. The van der Waals surface area contributed by atoms with Crippen LogP contribution >= 0.6 is 11.6 Å². The number of hydrogen-bond acceptors (Lipinski definition) is 3. The van der Waals surface area contributed by atoms with Crippen molar-refractivity contribution in [1.29, 1.82) is 0 Å². The van der Waals surface area contributed by atoms with E-state index in [2.05, 4.69) is 19.9 Å². The summed E-state index contributed by atoms with van der Waals surface area (Å²) >= 11 is 6.20. The molecule has 0 saturated heterocycles. The molecule has 2 aromatic carbocycles. The van der Waals surface area contributed by atoms with Crippen LogP contribution in [0.1, 0.15) is 0 Å². The predicted octanol–water partition coefficient (Wildman–Crippen LogP) is 2.93. The van der Waals surface area contributed by atoms with Crippen molar-refractivity contribution >= 4 is 22.6 Å². The largest absolute Gasteiger partial charge is 0.345 e. The van der Waals surface area contributed by atoms with Crippen molar-refractivity contribution in [1.82, 2.24) is 19.9 Å². The van der Waals surface area contributed by atoms with E-state index in [0.29, 0.717) is 27.4 Å². The first-order valence-corrected chi connectivity index (χ1v) is 7.57. The summed E-state index contributed by atoms with van der Waals surface area (Å²) in [6.45, 7) is 0. The normalized spacial score (nSPS) is 11.0. The van der Waals surface area contributed by atoms with Gasteiger partial charge in [-0.3, -0.25) is 0 Å². The predicted molar refractivity (Wildman–Crippen MR) is 93.2 cm³/mol. The number of aromatic nitrogens is 4. The Labute approximate surface area is 140 Å². The van der Waals surface area contributed by atoms with Crippen LogP contribution in [0.4, 0.5) is 0 Å². The molecular weight excluding hydrogens is 328 g/mol. The molecule has 0 spiro atoms. The maximum atomic E-state index is 12.0. The fourth-order valence-electron chi connectivity index (χ4n) is 2.62. The molecule has 0 unspecified atom stereocenters. The third-order valence-electron chi connectivity index (χ3n) is 3.72. The number of halogens is 1. The number of benzene rings is 2. The molecule has 0 aliphatic rings. The Morgan fingerprint density at radius 1 is 0.875 bits per heavy atom. The average Bonchev–Trinajstić information content (AvgIpc) is 2.93. The lowest BCUT2D eigenvalue weighted by atomic mass is 10.1. The summed E-state index contributed by atoms with van der Waals surface area (Å²) in [7, 11) is 0. The smallest absolute Gasteiger partial charge is 0.306 e. The molecule has 0 amide bonds. The Kier molecular flexibility index (Phi) is 3.32. The molecule has 0 radical (unpaired) electrons. The first-order valence-electron chi connectivity index (χ1n) is 7.19. The van der Waals surface area contributed by atoms with Crippen molar-refractivity contribution in [2.75, 3.05) is 0 Å². The summed E-state index contributed by atoms with van der Waals surface area (Å²) in [5, 5.41) is 0.538. The number of nitrogens with one attached hydrogen (secondary N) is 3. The van der Waals surface area contributed by atoms with Gasteiger partial charge in [0.05, 0.1) is 22.4 Å². The summed E-state index contributed by atoms with van der Waals surface area (Å²) < 4.78 is 0. The summed E-state index contributed by atoms with van der Waals surface area (Å²) in [5.74, 6) is 0. The van der Waals surface area contributed by atoms with Gasteiger partial charge < -0.3 is 15.0 Å². The van der Waals surface area contributed by atoms with E-state index < -0.39 is 5.69 Å². The second-order valence-corrected chi connectivity index (χ2v) is 5.71. The van der Waals surface area contributed by atoms with Gasteiger partial charge in [-0.05, 0) is 24.3 Å². The van der Waals surface area contributed by atoms with Gasteiger partial charge >= 0.3 is 11.4 Å².